The van der Waals surface area contributed by atoms with E-state index in [9.17, 15) is 4.79 Å². The Morgan fingerprint density at radius 1 is 1.31 bits per heavy atom. The number of rotatable bonds is 5. The minimum atomic E-state index is 0.130. The Morgan fingerprint density at radius 2 is 1.88 bits per heavy atom. The second kappa shape index (κ2) is 6.31. The lowest BCUT2D eigenvalue weighted by molar-refractivity contribution is -0.136. The third kappa shape index (κ3) is 3.09. The van der Waals surface area contributed by atoms with Crippen LogP contribution in [0.15, 0.2) is 37.5 Å². The van der Waals surface area contributed by atoms with Crippen LogP contribution < -0.4 is 0 Å². The Labute approximate surface area is 98.3 Å². The maximum Gasteiger partial charge on any atom is 0.226 e. The molecular formula is C14H21NO. The normalized spacial score (nSPS) is 23.8. The second-order valence-electron chi connectivity index (χ2n) is 4.35. The third-order valence-corrected chi connectivity index (χ3v) is 3.08. The van der Waals surface area contributed by atoms with E-state index in [1.807, 2.05) is 4.90 Å². The van der Waals surface area contributed by atoms with E-state index >= 15 is 0 Å². The standard InChI is InChI=1S/C14H21NO/c1-4-10-15(11-5-2)14(16)13-9-7-6-8-12(13)3/h4-7,12-13H,1-2,8-11H2,3H3. The van der Waals surface area contributed by atoms with Crippen molar-refractivity contribution in [2.75, 3.05) is 13.1 Å². The molecule has 88 valence electrons. The molecule has 1 amide bonds. The molecule has 0 aliphatic heterocycles. The third-order valence-electron chi connectivity index (χ3n) is 3.08. The summed E-state index contributed by atoms with van der Waals surface area (Å²) < 4.78 is 0. The predicted octanol–water partition coefficient (Wildman–Crippen LogP) is 2.79. The first-order chi connectivity index (χ1) is 7.70. The average molecular weight is 219 g/mol. The molecule has 16 heavy (non-hydrogen) atoms. The fraction of sp³-hybridized carbons (Fsp3) is 0.500. The maximum absolute atomic E-state index is 12.3. The summed E-state index contributed by atoms with van der Waals surface area (Å²) in [6.07, 6.45) is 9.69. The first-order valence-electron chi connectivity index (χ1n) is 5.86. The van der Waals surface area contributed by atoms with Gasteiger partial charge in [0.15, 0.2) is 0 Å². The van der Waals surface area contributed by atoms with Gasteiger partial charge in [-0.3, -0.25) is 4.79 Å². The molecule has 0 heterocycles. The topological polar surface area (TPSA) is 20.3 Å². The molecule has 0 aromatic carbocycles. The molecule has 0 bridgehead atoms. The zero-order chi connectivity index (χ0) is 12.0. The molecule has 1 aliphatic rings. The van der Waals surface area contributed by atoms with Gasteiger partial charge in [-0.2, -0.15) is 0 Å². The SMILES string of the molecule is C=CCN(CC=C)C(=O)C1CC=CCC1C. The highest BCUT2D eigenvalue weighted by atomic mass is 16.2. The molecule has 2 heteroatoms. The van der Waals surface area contributed by atoms with Gasteiger partial charge >= 0.3 is 0 Å². The van der Waals surface area contributed by atoms with E-state index in [-0.39, 0.29) is 11.8 Å². The Morgan fingerprint density at radius 3 is 2.38 bits per heavy atom. The summed E-state index contributed by atoms with van der Waals surface area (Å²) in [7, 11) is 0. The fourth-order valence-electron chi connectivity index (χ4n) is 2.10. The van der Waals surface area contributed by atoms with Crippen molar-refractivity contribution in [3.63, 3.8) is 0 Å². The van der Waals surface area contributed by atoms with E-state index in [1.54, 1.807) is 12.2 Å². The van der Waals surface area contributed by atoms with Crippen LogP contribution >= 0.6 is 0 Å². The highest BCUT2D eigenvalue weighted by Crippen LogP contribution is 2.26. The van der Waals surface area contributed by atoms with Crippen LogP contribution in [0.1, 0.15) is 19.8 Å². The molecule has 0 radical (unpaired) electrons. The summed E-state index contributed by atoms with van der Waals surface area (Å²) in [5.41, 5.74) is 0. The highest BCUT2D eigenvalue weighted by molar-refractivity contribution is 5.79. The summed E-state index contributed by atoms with van der Waals surface area (Å²) in [5.74, 6) is 0.802. The van der Waals surface area contributed by atoms with E-state index in [4.69, 9.17) is 0 Å². The van der Waals surface area contributed by atoms with Gasteiger partial charge in [-0.1, -0.05) is 31.2 Å². The number of carbonyl (C=O) groups is 1. The Bertz CT molecular complexity index is 283. The average Bonchev–Trinajstić information content (AvgIpc) is 2.28. The Hall–Kier alpha value is -1.31. The Kier molecular flexibility index (Phi) is 5.03. The molecule has 1 rings (SSSR count). The van der Waals surface area contributed by atoms with Gasteiger partial charge in [0.05, 0.1) is 0 Å². The first-order valence-corrected chi connectivity index (χ1v) is 5.86. The van der Waals surface area contributed by atoms with Crippen molar-refractivity contribution in [1.29, 1.82) is 0 Å². The zero-order valence-corrected chi connectivity index (χ0v) is 10.1. The van der Waals surface area contributed by atoms with Crippen LogP contribution in [0.5, 0.6) is 0 Å². The first kappa shape index (κ1) is 12.8. The van der Waals surface area contributed by atoms with Crippen LogP contribution in [-0.2, 0) is 4.79 Å². The largest absolute Gasteiger partial charge is 0.335 e. The van der Waals surface area contributed by atoms with Gasteiger partial charge in [0.1, 0.15) is 0 Å². The van der Waals surface area contributed by atoms with Gasteiger partial charge in [-0.15, -0.1) is 13.2 Å². The van der Waals surface area contributed by atoms with Crippen molar-refractivity contribution in [1.82, 2.24) is 4.90 Å². The van der Waals surface area contributed by atoms with Crippen molar-refractivity contribution in [2.24, 2.45) is 11.8 Å². The lowest BCUT2D eigenvalue weighted by Gasteiger charge is -2.30. The summed E-state index contributed by atoms with van der Waals surface area (Å²) in [5, 5.41) is 0. The van der Waals surface area contributed by atoms with Gasteiger partial charge in [0.25, 0.3) is 0 Å². The summed E-state index contributed by atoms with van der Waals surface area (Å²) in [6.45, 7) is 10.7. The minimum Gasteiger partial charge on any atom is -0.335 e. The van der Waals surface area contributed by atoms with E-state index < -0.39 is 0 Å². The van der Waals surface area contributed by atoms with Crippen LogP contribution in [0.25, 0.3) is 0 Å². The molecule has 0 aromatic heterocycles. The van der Waals surface area contributed by atoms with Crippen LogP contribution in [-0.4, -0.2) is 23.9 Å². The molecule has 2 unspecified atom stereocenters. The van der Waals surface area contributed by atoms with Crippen molar-refractivity contribution < 1.29 is 4.79 Å². The number of allylic oxidation sites excluding steroid dienone is 2. The molecule has 0 saturated heterocycles. The van der Waals surface area contributed by atoms with Crippen molar-refractivity contribution in [3.05, 3.63) is 37.5 Å². The lowest BCUT2D eigenvalue weighted by Crippen LogP contribution is -2.39. The van der Waals surface area contributed by atoms with Crippen LogP contribution in [0.4, 0.5) is 0 Å². The number of hydrogen-bond acceptors (Lipinski definition) is 1. The van der Waals surface area contributed by atoms with Crippen molar-refractivity contribution in [3.8, 4) is 0 Å². The predicted molar refractivity (Wildman–Crippen MR) is 68.0 cm³/mol. The van der Waals surface area contributed by atoms with E-state index in [0.29, 0.717) is 19.0 Å². The lowest BCUT2D eigenvalue weighted by atomic mass is 9.83. The molecule has 0 aromatic rings. The molecule has 0 N–H and O–H groups in total. The van der Waals surface area contributed by atoms with Gasteiger partial charge in [-0.05, 0) is 18.8 Å². The van der Waals surface area contributed by atoms with Gasteiger partial charge in [-0.25, -0.2) is 0 Å². The van der Waals surface area contributed by atoms with Crippen LogP contribution in [0.3, 0.4) is 0 Å². The molecule has 0 fully saturated rings. The fourth-order valence-corrected chi connectivity index (χ4v) is 2.10. The number of carbonyl (C=O) groups excluding carboxylic acids is 1. The van der Waals surface area contributed by atoms with Crippen LogP contribution in [0, 0.1) is 11.8 Å². The summed E-state index contributed by atoms with van der Waals surface area (Å²) in [4.78, 5) is 14.1. The quantitative estimate of drug-likeness (QED) is 0.651. The molecule has 0 spiro atoms. The van der Waals surface area contributed by atoms with Gasteiger partial charge < -0.3 is 4.90 Å². The molecule has 2 nitrogen and oxygen atoms in total. The number of hydrogen-bond donors (Lipinski definition) is 0. The van der Waals surface area contributed by atoms with Crippen molar-refractivity contribution in [2.45, 2.75) is 19.8 Å². The highest BCUT2D eigenvalue weighted by Gasteiger charge is 2.28. The minimum absolute atomic E-state index is 0.130. The molecule has 0 saturated carbocycles. The van der Waals surface area contributed by atoms with Crippen molar-refractivity contribution >= 4 is 5.91 Å². The maximum atomic E-state index is 12.3. The molecule has 2 atom stereocenters. The zero-order valence-electron chi connectivity index (χ0n) is 10.1. The van der Waals surface area contributed by atoms with E-state index in [0.717, 1.165) is 12.8 Å². The molecular weight excluding hydrogens is 198 g/mol. The van der Waals surface area contributed by atoms with Gasteiger partial charge in [0.2, 0.25) is 5.91 Å². The van der Waals surface area contributed by atoms with E-state index in [1.165, 1.54) is 0 Å². The molecule has 1 aliphatic carbocycles. The number of nitrogens with zero attached hydrogens (tertiary/aromatic N) is 1. The van der Waals surface area contributed by atoms with Gasteiger partial charge in [0, 0.05) is 19.0 Å². The second-order valence-corrected chi connectivity index (χ2v) is 4.35. The number of amides is 1. The summed E-state index contributed by atoms with van der Waals surface area (Å²) in [6, 6.07) is 0. The van der Waals surface area contributed by atoms with E-state index in [2.05, 4.69) is 32.2 Å². The van der Waals surface area contributed by atoms with Crippen LogP contribution in [0.2, 0.25) is 0 Å². The summed E-state index contributed by atoms with van der Waals surface area (Å²) >= 11 is 0. The monoisotopic (exact) mass is 219 g/mol. The Balaban J connectivity index is 2.68. The smallest absolute Gasteiger partial charge is 0.226 e.